The van der Waals surface area contributed by atoms with E-state index < -0.39 is 0 Å². The van der Waals surface area contributed by atoms with Gasteiger partial charge in [0.15, 0.2) is 0 Å². The van der Waals surface area contributed by atoms with Gasteiger partial charge in [0, 0.05) is 11.7 Å². The lowest BCUT2D eigenvalue weighted by atomic mass is 9.98. The maximum Gasteiger partial charge on any atom is 0.143 e. The Morgan fingerprint density at radius 1 is 1.27 bits per heavy atom. The van der Waals surface area contributed by atoms with Gasteiger partial charge in [0.05, 0.1) is 5.75 Å². The van der Waals surface area contributed by atoms with Crippen LogP contribution in [0.1, 0.15) is 58.8 Å². The molecule has 1 aliphatic rings. The van der Waals surface area contributed by atoms with Crippen LogP contribution in [0.15, 0.2) is 0 Å². The molecule has 1 aliphatic carbocycles. The molecule has 0 heterocycles. The summed E-state index contributed by atoms with van der Waals surface area (Å²) in [6, 6.07) is 0. The lowest BCUT2D eigenvalue weighted by Crippen LogP contribution is -2.11. The highest BCUT2D eigenvalue weighted by Crippen LogP contribution is 2.29. The number of rotatable bonds is 7. The van der Waals surface area contributed by atoms with Crippen molar-refractivity contribution in [3.05, 3.63) is 0 Å². The molecule has 0 atom stereocenters. The number of hydrogen-bond acceptors (Lipinski definition) is 2. The fraction of sp³-hybridized carbons (Fsp3) is 0.923. The molecule has 0 unspecified atom stereocenters. The average molecular weight is 228 g/mol. The second kappa shape index (κ2) is 7.32. The van der Waals surface area contributed by atoms with Gasteiger partial charge in [-0.25, -0.2) is 0 Å². The maximum absolute atomic E-state index is 11.7. The van der Waals surface area contributed by atoms with Crippen molar-refractivity contribution >= 4 is 17.5 Å². The van der Waals surface area contributed by atoms with Crippen molar-refractivity contribution < 1.29 is 4.79 Å². The largest absolute Gasteiger partial charge is 0.299 e. The zero-order chi connectivity index (χ0) is 11.1. The van der Waals surface area contributed by atoms with Gasteiger partial charge in [-0.1, -0.05) is 39.5 Å². The van der Waals surface area contributed by atoms with Crippen LogP contribution >= 0.6 is 11.8 Å². The Labute approximate surface area is 98.4 Å². The van der Waals surface area contributed by atoms with Gasteiger partial charge in [0.25, 0.3) is 0 Å². The van der Waals surface area contributed by atoms with Gasteiger partial charge in [-0.15, -0.1) is 0 Å². The van der Waals surface area contributed by atoms with Crippen LogP contribution in [0.4, 0.5) is 0 Å². The van der Waals surface area contributed by atoms with Gasteiger partial charge in [0.1, 0.15) is 5.78 Å². The lowest BCUT2D eigenvalue weighted by molar-refractivity contribution is -0.117. The average Bonchev–Trinajstić information content (AvgIpc) is 2.75. The van der Waals surface area contributed by atoms with Crippen molar-refractivity contribution in [3.63, 3.8) is 0 Å². The van der Waals surface area contributed by atoms with Gasteiger partial charge in [-0.2, -0.15) is 11.8 Å². The van der Waals surface area contributed by atoms with Crippen LogP contribution in [0.3, 0.4) is 0 Å². The predicted octanol–water partition coefficient (Wildman–Crippen LogP) is 4.06. The second-order valence-electron chi connectivity index (χ2n) is 4.64. The van der Waals surface area contributed by atoms with Crippen molar-refractivity contribution in [1.29, 1.82) is 0 Å². The van der Waals surface area contributed by atoms with Gasteiger partial charge in [-0.3, -0.25) is 4.79 Å². The monoisotopic (exact) mass is 228 g/mol. The number of thioether (sulfide) groups is 1. The number of ketones is 1. The molecule has 0 aromatic carbocycles. The first-order valence-electron chi connectivity index (χ1n) is 6.39. The van der Waals surface area contributed by atoms with E-state index in [0.717, 1.165) is 30.3 Å². The van der Waals surface area contributed by atoms with Crippen molar-refractivity contribution in [2.45, 2.75) is 64.0 Å². The number of hydrogen-bond donors (Lipinski definition) is 0. The molecule has 1 fully saturated rings. The molecule has 1 nitrogen and oxygen atoms in total. The molecular weight excluding hydrogens is 204 g/mol. The van der Waals surface area contributed by atoms with E-state index in [2.05, 4.69) is 13.8 Å². The van der Waals surface area contributed by atoms with Crippen molar-refractivity contribution in [1.82, 2.24) is 0 Å². The minimum absolute atomic E-state index is 0.473. The molecule has 0 spiro atoms. The molecule has 88 valence electrons. The minimum atomic E-state index is 0.473. The summed E-state index contributed by atoms with van der Waals surface area (Å²) in [4.78, 5) is 11.7. The van der Waals surface area contributed by atoms with E-state index in [1.54, 1.807) is 0 Å². The predicted molar refractivity (Wildman–Crippen MR) is 68.4 cm³/mol. The Balaban J connectivity index is 2.11. The molecule has 0 N–H and O–H groups in total. The summed E-state index contributed by atoms with van der Waals surface area (Å²) in [5.41, 5.74) is 0. The standard InChI is InChI=1S/C13H24OS/c1-3-11(4-2)9-12(14)10-15-13-7-5-6-8-13/h11,13H,3-10H2,1-2H3. The van der Waals surface area contributed by atoms with E-state index in [1.165, 1.54) is 25.7 Å². The topological polar surface area (TPSA) is 17.1 Å². The summed E-state index contributed by atoms with van der Waals surface area (Å²) in [6.45, 7) is 4.37. The molecule has 0 aliphatic heterocycles. The van der Waals surface area contributed by atoms with Crippen LogP contribution in [0.25, 0.3) is 0 Å². The highest BCUT2D eigenvalue weighted by atomic mass is 32.2. The van der Waals surface area contributed by atoms with Crippen LogP contribution in [-0.2, 0) is 4.79 Å². The molecule has 15 heavy (non-hydrogen) atoms. The Hall–Kier alpha value is 0.0200. The molecule has 0 bridgehead atoms. The molecule has 0 aromatic rings. The highest BCUT2D eigenvalue weighted by molar-refractivity contribution is 8.00. The van der Waals surface area contributed by atoms with Gasteiger partial charge in [-0.05, 0) is 18.8 Å². The first-order valence-corrected chi connectivity index (χ1v) is 7.44. The summed E-state index contributed by atoms with van der Waals surface area (Å²) < 4.78 is 0. The number of carbonyl (C=O) groups is 1. The van der Waals surface area contributed by atoms with Crippen LogP contribution in [0.5, 0.6) is 0 Å². The normalized spacial score (nSPS) is 17.5. The first kappa shape index (κ1) is 13.1. The lowest BCUT2D eigenvalue weighted by Gasteiger charge is -2.12. The molecule has 0 radical (unpaired) electrons. The third-order valence-corrected chi connectivity index (χ3v) is 4.88. The van der Waals surface area contributed by atoms with Gasteiger partial charge >= 0.3 is 0 Å². The Morgan fingerprint density at radius 2 is 1.87 bits per heavy atom. The summed E-state index contributed by atoms with van der Waals surface area (Å²) in [7, 11) is 0. The fourth-order valence-corrected chi connectivity index (χ4v) is 3.43. The Bertz CT molecular complexity index is 181. The van der Waals surface area contributed by atoms with Crippen LogP contribution in [0, 0.1) is 5.92 Å². The van der Waals surface area contributed by atoms with E-state index in [-0.39, 0.29) is 0 Å². The summed E-state index contributed by atoms with van der Waals surface area (Å²) in [6.07, 6.45) is 8.53. The van der Waals surface area contributed by atoms with Gasteiger partial charge < -0.3 is 0 Å². The van der Waals surface area contributed by atoms with Crippen LogP contribution in [0.2, 0.25) is 0 Å². The van der Waals surface area contributed by atoms with E-state index in [9.17, 15) is 4.79 Å². The molecule has 0 aromatic heterocycles. The van der Waals surface area contributed by atoms with Crippen molar-refractivity contribution in [2.24, 2.45) is 5.92 Å². The molecule has 0 saturated heterocycles. The zero-order valence-corrected chi connectivity index (χ0v) is 10.9. The molecule has 1 saturated carbocycles. The Morgan fingerprint density at radius 3 is 2.40 bits per heavy atom. The number of Topliss-reactive ketones (excluding diaryl/α,β-unsaturated/α-hetero) is 1. The molecular formula is C13H24OS. The molecule has 2 heteroatoms. The quantitative estimate of drug-likeness (QED) is 0.653. The number of carbonyl (C=O) groups excluding carboxylic acids is 1. The molecule has 1 rings (SSSR count). The summed E-state index contributed by atoms with van der Waals surface area (Å²) in [5.74, 6) is 1.86. The maximum atomic E-state index is 11.7. The van der Waals surface area contributed by atoms with Gasteiger partial charge in [0.2, 0.25) is 0 Å². The first-order chi connectivity index (χ1) is 7.26. The summed E-state index contributed by atoms with van der Waals surface area (Å²) in [5, 5.41) is 0.788. The van der Waals surface area contributed by atoms with Crippen molar-refractivity contribution in [2.75, 3.05) is 5.75 Å². The Kier molecular flexibility index (Phi) is 6.39. The van der Waals surface area contributed by atoms with E-state index >= 15 is 0 Å². The fourth-order valence-electron chi connectivity index (χ4n) is 2.22. The van der Waals surface area contributed by atoms with Crippen molar-refractivity contribution in [3.8, 4) is 0 Å². The van der Waals surface area contributed by atoms with Crippen LogP contribution in [-0.4, -0.2) is 16.8 Å². The molecule has 0 amide bonds. The second-order valence-corrected chi connectivity index (χ2v) is 5.93. The van der Waals surface area contributed by atoms with E-state index in [0.29, 0.717) is 11.7 Å². The minimum Gasteiger partial charge on any atom is -0.299 e. The third kappa shape index (κ3) is 5.05. The SMILES string of the molecule is CCC(CC)CC(=O)CSC1CCCC1. The third-order valence-electron chi connectivity index (χ3n) is 3.45. The van der Waals surface area contributed by atoms with Crippen LogP contribution < -0.4 is 0 Å². The highest BCUT2D eigenvalue weighted by Gasteiger charge is 2.17. The summed E-state index contributed by atoms with van der Waals surface area (Å²) >= 11 is 1.91. The smallest absolute Gasteiger partial charge is 0.143 e. The van der Waals surface area contributed by atoms with E-state index in [1.807, 2.05) is 11.8 Å². The zero-order valence-electron chi connectivity index (χ0n) is 10.1. The van der Waals surface area contributed by atoms with E-state index in [4.69, 9.17) is 0 Å².